The Morgan fingerprint density at radius 1 is 0.917 bits per heavy atom. The molecule has 0 atom stereocenters. The lowest BCUT2D eigenvalue weighted by molar-refractivity contribution is 0.102. The maximum absolute atomic E-state index is 12.9. The van der Waals surface area contributed by atoms with Crippen molar-refractivity contribution in [1.82, 2.24) is 9.97 Å². The predicted molar refractivity (Wildman–Crippen MR) is 142 cm³/mol. The summed E-state index contributed by atoms with van der Waals surface area (Å²) in [5.74, 6) is 1.77. The minimum atomic E-state index is -0.192. The van der Waals surface area contributed by atoms with Crippen LogP contribution in [0.2, 0.25) is 0 Å². The molecule has 0 bridgehead atoms. The second-order valence-electron chi connectivity index (χ2n) is 8.32. The fourth-order valence-corrected chi connectivity index (χ4v) is 3.85. The highest BCUT2D eigenvalue weighted by Gasteiger charge is 2.20. The van der Waals surface area contributed by atoms with Gasteiger partial charge < -0.3 is 29.7 Å². The van der Waals surface area contributed by atoms with E-state index in [1.807, 2.05) is 62.3 Å². The number of fused-ring (bicyclic) bond motifs is 1. The molecule has 2 N–H and O–H groups in total. The predicted octanol–water partition coefficient (Wildman–Crippen LogP) is 5.03. The first kappa shape index (κ1) is 24.6. The largest absolute Gasteiger partial charge is 0.493 e. The average Bonchev–Trinajstić information content (AvgIpc) is 2.89. The van der Waals surface area contributed by atoms with Crippen LogP contribution in [0.25, 0.3) is 10.9 Å². The van der Waals surface area contributed by atoms with E-state index in [2.05, 4.69) is 20.6 Å². The molecule has 1 aromatic heterocycles. The number of ether oxygens (including phenoxy) is 3. The zero-order valence-electron chi connectivity index (χ0n) is 21.2. The van der Waals surface area contributed by atoms with Gasteiger partial charge in [-0.15, -0.1) is 0 Å². The second-order valence-corrected chi connectivity index (χ2v) is 8.32. The number of methoxy groups -OCH3 is 3. The molecule has 9 nitrogen and oxygen atoms in total. The number of amides is 1. The van der Waals surface area contributed by atoms with E-state index >= 15 is 0 Å². The smallest absolute Gasteiger partial charge is 0.255 e. The van der Waals surface area contributed by atoms with Crippen molar-refractivity contribution >= 4 is 39.7 Å². The van der Waals surface area contributed by atoms with Crippen molar-refractivity contribution in [2.75, 3.05) is 51.0 Å². The van der Waals surface area contributed by atoms with Crippen LogP contribution in [0, 0.1) is 6.92 Å². The van der Waals surface area contributed by atoms with Crippen molar-refractivity contribution in [3.05, 3.63) is 66.0 Å². The molecule has 0 fully saturated rings. The number of aromatic nitrogens is 2. The number of carbonyl (C=O) groups excluding carboxylic acids is 1. The highest BCUT2D eigenvalue weighted by atomic mass is 16.5. The molecule has 0 aliphatic rings. The highest BCUT2D eigenvalue weighted by Crippen LogP contribution is 2.44. The van der Waals surface area contributed by atoms with Crippen LogP contribution in [0.3, 0.4) is 0 Å². The molecule has 4 aromatic rings. The topological polar surface area (TPSA) is 97.8 Å². The van der Waals surface area contributed by atoms with Gasteiger partial charge in [0.15, 0.2) is 11.5 Å². The normalized spacial score (nSPS) is 10.6. The molecular weight excluding hydrogens is 458 g/mol. The third-order valence-electron chi connectivity index (χ3n) is 5.81. The lowest BCUT2D eigenvalue weighted by atomic mass is 10.1. The lowest BCUT2D eigenvalue weighted by Gasteiger charge is -2.17. The highest BCUT2D eigenvalue weighted by molar-refractivity contribution is 6.05. The fourth-order valence-electron chi connectivity index (χ4n) is 3.85. The first-order valence-electron chi connectivity index (χ1n) is 11.3. The monoisotopic (exact) mass is 487 g/mol. The van der Waals surface area contributed by atoms with E-state index in [1.54, 1.807) is 33.5 Å². The summed E-state index contributed by atoms with van der Waals surface area (Å²) >= 11 is 0. The van der Waals surface area contributed by atoms with E-state index in [0.29, 0.717) is 45.2 Å². The number of nitrogens with zero attached hydrogens (tertiary/aromatic N) is 3. The van der Waals surface area contributed by atoms with Crippen molar-refractivity contribution in [3.8, 4) is 17.2 Å². The molecule has 36 heavy (non-hydrogen) atoms. The van der Waals surface area contributed by atoms with Gasteiger partial charge in [-0.3, -0.25) is 4.79 Å². The van der Waals surface area contributed by atoms with Gasteiger partial charge in [-0.2, -0.15) is 0 Å². The van der Waals surface area contributed by atoms with Gasteiger partial charge in [-0.1, -0.05) is 12.1 Å². The summed E-state index contributed by atoms with van der Waals surface area (Å²) in [5.41, 5.74) is 4.51. The SMILES string of the molecule is COc1cc2c(Nc3cc(NC(=O)c4cccc(N(C)C)c4)ccc3C)ncnc2c(OC)c1OC. The number of aryl methyl sites for hydroxylation is 1. The van der Waals surface area contributed by atoms with Crippen LogP contribution in [0.4, 0.5) is 22.9 Å². The third-order valence-corrected chi connectivity index (χ3v) is 5.81. The van der Waals surface area contributed by atoms with Crippen LogP contribution in [-0.4, -0.2) is 51.3 Å². The maximum atomic E-state index is 12.9. The van der Waals surface area contributed by atoms with Gasteiger partial charge in [0, 0.05) is 36.7 Å². The molecule has 1 amide bonds. The molecule has 0 unspecified atom stereocenters. The van der Waals surface area contributed by atoms with Gasteiger partial charge >= 0.3 is 0 Å². The van der Waals surface area contributed by atoms with Gasteiger partial charge in [-0.25, -0.2) is 9.97 Å². The zero-order valence-corrected chi connectivity index (χ0v) is 21.2. The Labute approximate surface area is 210 Å². The standard InChI is InChI=1S/C27H29N5O4/c1-16-10-11-18(30-27(33)17-8-7-9-19(12-17)32(2)3)13-21(16)31-26-20-14-22(34-4)24(35-5)25(36-6)23(20)28-15-29-26/h7-15H,1-6H3,(H,30,33)(H,28,29,31). The van der Waals surface area contributed by atoms with Gasteiger partial charge in [0.05, 0.1) is 26.7 Å². The quantitative estimate of drug-likeness (QED) is 0.357. The first-order valence-corrected chi connectivity index (χ1v) is 11.3. The van der Waals surface area contributed by atoms with Gasteiger partial charge in [0.25, 0.3) is 5.91 Å². The summed E-state index contributed by atoms with van der Waals surface area (Å²) in [5, 5.41) is 7.05. The Bertz CT molecular complexity index is 1420. The van der Waals surface area contributed by atoms with Crippen LogP contribution >= 0.6 is 0 Å². The molecule has 0 spiro atoms. The second kappa shape index (κ2) is 10.4. The Morgan fingerprint density at radius 2 is 1.69 bits per heavy atom. The number of anilines is 4. The molecule has 186 valence electrons. The molecular formula is C27H29N5O4. The van der Waals surface area contributed by atoms with Crippen LogP contribution in [-0.2, 0) is 0 Å². The lowest BCUT2D eigenvalue weighted by Crippen LogP contribution is -2.14. The van der Waals surface area contributed by atoms with Crippen LogP contribution in [0.15, 0.2) is 54.9 Å². The first-order chi connectivity index (χ1) is 17.4. The molecule has 4 rings (SSSR count). The Balaban J connectivity index is 1.67. The molecule has 1 heterocycles. The minimum Gasteiger partial charge on any atom is -0.493 e. The molecule has 0 saturated heterocycles. The van der Waals surface area contributed by atoms with E-state index in [9.17, 15) is 4.79 Å². The van der Waals surface area contributed by atoms with Gasteiger partial charge in [-0.05, 0) is 48.9 Å². The zero-order chi connectivity index (χ0) is 25.8. The van der Waals surface area contributed by atoms with E-state index in [1.165, 1.54) is 6.33 Å². The summed E-state index contributed by atoms with van der Waals surface area (Å²) in [6, 6.07) is 14.9. The van der Waals surface area contributed by atoms with E-state index in [4.69, 9.17) is 14.2 Å². The number of carbonyl (C=O) groups is 1. The van der Waals surface area contributed by atoms with Crippen molar-refractivity contribution in [1.29, 1.82) is 0 Å². The van der Waals surface area contributed by atoms with Crippen molar-refractivity contribution in [3.63, 3.8) is 0 Å². The third kappa shape index (κ3) is 4.81. The minimum absolute atomic E-state index is 0.192. The van der Waals surface area contributed by atoms with E-state index in [0.717, 1.165) is 16.9 Å². The molecule has 9 heteroatoms. The van der Waals surface area contributed by atoms with E-state index < -0.39 is 0 Å². The van der Waals surface area contributed by atoms with Crippen molar-refractivity contribution in [2.45, 2.75) is 6.92 Å². The fraction of sp³-hybridized carbons (Fsp3) is 0.222. The Morgan fingerprint density at radius 3 is 2.39 bits per heavy atom. The Hall–Kier alpha value is -4.53. The molecule has 3 aromatic carbocycles. The maximum Gasteiger partial charge on any atom is 0.255 e. The summed E-state index contributed by atoms with van der Waals surface area (Å²) in [4.78, 5) is 23.7. The molecule has 0 saturated carbocycles. The molecule has 0 aliphatic heterocycles. The van der Waals surface area contributed by atoms with Crippen molar-refractivity contribution < 1.29 is 19.0 Å². The van der Waals surface area contributed by atoms with Crippen LogP contribution < -0.4 is 29.7 Å². The summed E-state index contributed by atoms with van der Waals surface area (Å²) in [6.45, 7) is 1.97. The van der Waals surface area contributed by atoms with Gasteiger partial charge in [0.2, 0.25) is 5.75 Å². The Kier molecular flexibility index (Phi) is 7.10. The molecule has 0 radical (unpaired) electrons. The van der Waals surface area contributed by atoms with E-state index in [-0.39, 0.29) is 5.91 Å². The van der Waals surface area contributed by atoms with Crippen LogP contribution in [0.1, 0.15) is 15.9 Å². The number of hydrogen-bond acceptors (Lipinski definition) is 8. The van der Waals surface area contributed by atoms with Crippen LogP contribution in [0.5, 0.6) is 17.2 Å². The number of hydrogen-bond donors (Lipinski definition) is 2. The number of rotatable bonds is 8. The molecule has 0 aliphatic carbocycles. The van der Waals surface area contributed by atoms with Gasteiger partial charge in [0.1, 0.15) is 17.7 Å². The number of nitrogens with one attached hydrogen (secondary N) is 2. The summed E-state index contributed by atoms with van der Waals surface area (Å²) in [6.07, 6.45) is 1.46. The number of benzene rings is 3. The van der Waals surface area contributed by atoms with Crippen molar-refractivity contribution in [2.24, 2.45) is 0 Å². The summed E-state index contributed by atoms with van der Waals surface area (Å²) in [7, 11) is 8.54. The average molecular weight is 488 g/mol. The summed E-state index contributed by atoms with van der Waals surface area (Å²) < 4.78 is 16.6.